The smallest absolute Gasteiger partial charge is 0.140 e. The van der Waals surface area contributed by atoms with E-state index in [1.807, 2.05) is 30.3 Å². The molecule has 5 nitrogen and oxygen atoms in total. The molecule has 40 heavy (non-hydrogen) atoms. The number of imidazole rings is 1. The number of nitrogens with zero attached hydrogens (tertiary/aromatic N) is 3. The Labute approximate surface area is 237 Å². The highest BCUT2D eigenvalue weighted by atomic mass is 16.5. The molecule has 0 amide bonds. The average Bonchev–Trinajstić information content (AvgIpc) is 3.35. The zero-order chi connectivity index (χ0) is 27.7. The molecular formula is C35H37N3O2. The number of hydrogen-bond donors (Lipinski definition) is 1. The molecule has 0 radical (unpaired) electrons. The number of unbranched alkanes of at least 4 members (excludes halogenated alkanes) is 1. The molecule has 1 heterocycles. The third kappa shape index (κ3) is 6.61. The Morgan fingerprint density at radius 1 is 0.725 bits per heavy atom. The maximum Gasteiger partial charge on any atom is 0.140 e. The highest BCUT2D eigenvalue weighted by Crippen LogP contribution is 2.32. The first-order valence-electron chi connectivity index (χ1n) is 14.0. The van der Waals surface area contributed by atoms with Gasteiger partial charge in [-0.2, -0.15) is 0 Å². The van der Waals surface area contributed by atoms with E-state index in [0.717, 1.165) is 73.0 Å². The van der Waals surface area contributed by atoms with Crippen molar-refractivity contribution < 1.29 is 9.84 Å². The van der Waals surface area contributed by atoms with Crippen LogP contribution >= 0.6 is 0 Å². The van der Waals surface area contributed by atoms with E-state index >= 15 is 0 Å². The summed E-state index contributed by atoms with van der Waals surface area (Å²) in [6.07, 6.45) is 2.17. The first kappa shape index (κ1) is 27.2. The van der Waals surface area contributed by atoms with Crippen LogP contribution in [-0.2, 0) is 26.2 Å². The maximum atomic E-state index is 9.86. The molecule has 204 valence electrons. The number of rotatable bonds is 12. The fourth-order valence-electron chi connectivity index (χ4n) is 5.07. The first-order valence-corrected chi connectivity index (χ1v) is 14.0. The number of phenols is 1. The normalized spacial score (nSPS) is 11.2. The second kappa shape index (κ2) is 13.1. The monoisotopic (exact) mass is 531 g/mol. The quantitative estimate of drug-likeness (QED) is 0.178. The van der Waals surface area contributed by atoms with E-state index in [1.165, 1.54) is 11.3 Å². The second-order valence-electron chi connectivity index (χ2n) is 10.1. The summed E-state index contributed by atoms with van der Waals surface area (Å²) >= 11 is 0. The fraction of sp³-hybridized carbons (Fsp3) is 0.229. The lowest BCUT2D eigenvalue weighted by atomic mass is 10.1. The van der Waals surface area contributed by atoms with Crippen molar-refractivity contribution in [2.24, 2.45) is 0 Å². The van der Waals surface area contributed by atoms with Crippen molar-refractivity contribution in [3.8, 4) is 34.1 Å². The van der Waals surface area contributed by atoms with Crippen LogP contribution in [0.15, 0.2) is 109 Å². The third-order valence-electron chi connectivity index (χ3n) is 7.17. The summed E-state index contributed by atoms with van der Waals surface area (Å²) < 4.78 is 7.86. The molecule has 0 saturated carbocycles. The third-order valence-corrected chi connectivity index (χ3v) is 7.17. The number of benzene rings is 4. The molecule has 1 N–H and O–H groups in total. The summed E-state index contributed by atoms with van der Waals surface area (Å²) in [7, 11) is 1.69. The van der Waals surface area contributed by atoms with E-state index in [0.29, 0.717) is 0 Å². The molecule has 4 aromatic carbocycles. The van der Waals surface area contributed by atoms with Gasteiger partial charge in [-0.1, -0.05) is 86.1 Å². The van der Waals surface area contributed by atoms with Crippen molar-refractivity contribution in [1.82, 2.24) is 14.5 Å². The molecular weight excluding hydrogens is 494 g/mol. The number of aromatic hydroxyl groups is 1. The predicted octanol–water partition coefficient (Wildman–Crippen LogP) is 7.93. The molecule has 5 rings (SSSR count). The van der Waals surface area contributed by atoms with Gasteiger partial charge in [0.2, 0.25) is 0 Å². The van der Waals surface area contributed by atoms with E-state index in [-0.39, 0.29) is 5.75 Å². The predicted molar refractivity (Wildman–Crippen MR) is 162 cm³/mol. The fourth-order valence-corrected chi connectivity index (χ4v) is 5.07. The molecule has 0 atom stereocenters. The van der Waals surface area contributed by atoms with Crippen molar-refractivity contribution in [3.63, 3.8) is 0 Å². The van der Waals surface area contributed by atoms with Gasteiger partial charge in [-0.05, 0) is 53.9 Å². The van der Waals surface area contributed by atoms with E-state index in [4.69, 9.17) is 9.72 Å². The van der Waals surface area contributed by atoms with Crippen LogP contribution in [0.25, 0.3) is 22.6 Å². The summed E-state index contributed by atoms with van der Waals surface area (Å²) in [5.41, 5.74) is 6.81. The van der Waals surface area contributed by atoms with Crippen LogP contribution < -0.4 is 4.74 Å². The summed E-state index contributed by atoms with van der Waals surface area (Å²) in [5, 5.41) is 9.86. The Morgan fingerprint density at radius 2 is 1.35 bits per heavy atom. The van der Waals surface area contributed by atoms with Crippen LogP contribution in [-0.4, -0.2) is 26.7 Å². The molecule has 5 heteroatoms. The molecule has 0 aliphatic rings. The van der Waals surface area contributed by atoms with Gasteiger partial charge in [0.05, 0.1) is 18.5 Å². The van der Waals surface area contributed by atoms with Gasteiger partial charge in [-0.3, -0.25) is 4.90 Å². The molecule has 0 aliphatic carbocycles. The van der Waals surface area contributed by atoms with Gasteiger partial charge in [0.1, 0.15) is 17.3 Å². The maximum absolute atomic E-state index is 9.86. The van der Waals surface area contributed by atoms with Crippen LogP contribution in [0.2, 0.25) is 0 Å². The lowest BCUT2D eigenvalue weighted by Gasteiger charge is -2.24. The first-order chi connectivity index (χ1) is 19.6. The van der Waals surface area contributed by atoms with Crippen molar-refractivity contribution in [3.05, 3.63) is 126 Å². The van der Waals surface area contributed by atoms with Gasteiger partial charge in [-0.25, -0.2) is 4.98 Å². The Bertz CT molecular complexity index is 1480. The molecule has 0 unspecified atom stereocenters. The van der Waals surface area contributed by atoms with Crippen molar-refractivity contribution in [2.75, 3.05) is 7.11 Å². The van der Waals surface area contributed by atoms with Gasteiger partial charge >= 0.3 is 0 Å². The molecule has 0 saturated heterocycles. The van der Waals surface area contributed by atoms with Crippen LogP contribution in [0.3, 0.4) is 0 Å². The Kier molecular flexibility index (Phi) is 8.94. The topological polar surface area (TPSA) is 50.5 Å². The van der Waals surface area contributed by atoms with Crippen molar-refractivity contribution in [2.45, 2.75) is 45.9 Å². The molecule has 0 bridgehead atoms. The lowest BCUT2D eigenvalue weighted by Crippen LogP contribution is -2.24. The Morgan fingerprint density at radius 3 is 1.98 bits per heavy atom. The average molecular weight is 532 g/mol. The van der Waals surface area contributed by atoms with Gasteiger partial charge in [-0.15, -0.1) is 0 Å². The van der Waals surface area contributed by atoms with Crippen LogP contribution in [0.4, 0.5) is 0 Å². The van der Waals surface area contributed by atoms with E-state index in [2.05, 4.69) is 83.1 Å². The number of phenolic OH excluding ortho intramolecular Hbond substituents is 1. The summed E-state index contributed by atoms with van der Waals surface area (Å²) in [6.45, 7) is 5.40. The lowest BCUT2D eigenvalue weighted by molar-refractivity contribution is 0.241. The zero-order valence-electron chi connectivity index (χ0n) is 23.3. The van der Waals surface area contributed by atoms with Crippen molar-refractivity contribution >= 4 is 0 Å². The number of ether oxygens (including phenoxy) is 1. The van der Waals surface area contributed by atoms with Crippen molar-refractivity contribution in [1.29, 1.82) is 0 Å². The van der Waals surface area contributed by atoms with Crippen LogP contribution in [0.5, 0.6) is 11.5 Å². The van der Waals surface area contributed by atoms with Gasteiger partial charge in [0, 0.05) is 37.3 Å². The van der Waals surface area contributed by atoms with E-state index < -0.39 is 0 Å². The highest BCUT2D eigenvalue weighted by Gasteiger charge is 2.22. The molecule has 5 aromatic rings. The van der Waals surface area contributed by atoms with Gasteiger partial charge in [0.15, 0.2) is 0 Å². The zero-order valence-corrected chi connectivity index (χ0v) is 23.3. The van der Waals surface area contributed by atoms with Crippen LogP contribution in [0.1, 0.15) is 36.6 Å². The van der Waals surface area contributed by atoms with Crippen LogP contribution in [0, 0.1) is 0 Å². The van der Waals surface area contributed by atoms with Gasteiger partial charge in [0.25, 0.3) is 0 Å². The van der Waals surface area contributed by atoms with E-state index in [1.54, 1.807) is 19.2 Å². The highest BCUT2D eigenvalue weighted by molar-refractivity contribution is 5.69. The number of aromatic nitrogens is 2. The molecule has 1 aromatic heterocycles. The minimum atomic E-state index is 0.283. The largest absolute Gasteiger partial charge is 0.508 e. The summed E-state index contributed by atoms with van der Waals surface area (Å²) in [4.78, 5) is 7.76. The van der Waals surface area contributed by atoms with Gasteiger partial charge < -0.3 is 14.4 Å². The number of methoxy groups -OCH3 is 1. The molecule has 0 aliphatic heterocycles. The number of hydrogen-bond acceptors (Lipinski definition) is 4. The Balaban J connectivity index is 1.61. The standard InChI is InChI=1S/C35H37N3O2/c1-3-4-23-38-33(26-37(24-27-11-7-5-8-12-27)25-28-15-19-31(39)20-16-28)34(29-17-21-32(40-2)22-18-29)36-35(38)30-13-9-6-10-14-30/h5-22,39H,3-4,23-26H2,1-2H3. The molecule has 0 spiro atoms. The Hall–Kier alpha value is -4.35. The minimum absolute atomic E-state index is 0.283. The molecule has 0 fully saturated rings. The summed E-state index contributed by atoms with van der Waals surface area (Å²) in [6, 6.07) is 36.8. The SMILES string of the molecule is CCCCn1c(-c2ccccc2)nc(-c2ccc(OC)cc2)c1CN(Cc1ccccc1)Cc1ccc(O)cc1. The van der Waals surface area contributed by atoms with E-state index in [9.17, 15) is 5.11 Å². The summed E-state index contributed by atoms with van der Waals surface area (Å²) in [5.74, 6) is 2.11. The minimum Gasteiger partial charge on any atom is -0.508 e. The second-order valence-corrected chi connectivity index (χ2v) is 10.1.